The van der Waals surface area contributed by atoms with Gasteiger partial charge in [-0.25, -0.2) is 0 Å². The van der Waals surface area contributed by atoms with Crippen LogP contribution in [0.1, 0.15) is 37.0 Å². The van der Waals surface area contributed by atoms with E-state index in [1.54, 1.807) is 6.92 Å². The fourth-order valence-electron chi connectivity index (χ4n) is 2.32. The van der Waals surface area contributed by atoms with Gasteiger partial charge in [-0.05, 0) is 38.8 Å². The number of aromatic nitrogens is 2. The molecule has 25 heavy (non-hydrogen) atoms. The Morgan fingerprint density at radius 3 is 2.40 bits per heavy atom. The average molecular weight is 379 g/mol. The van der Waals surface area contributed by atoms with Crippen LogP contribution in [0.15, 0.2) is 16.5 Å². The lowest BCUT2D eigenvalue weighted by atomic mass is 10.1. The van der Waals surface area contributed by atoms with Crippen molar-refractivity contribution in [2.45, 2.75) is 50.6 Å². The number of amides is 2. The maximum absolute atomic E-state index is 12.5. The van der Waals surface area contributed by atoms with Crippen molar-refractivity contribution in [3.8, 4) is 0 Å². The number of benzene rings is 1. The summed E-state index contributed by atoms with van der Waals surface area (Å²) in [7, 11) is 0. The smallest absolute Gasteiger partial charge is 0.237 e. The molecular weight excluding hydrogens is 356 g/mol. The average Bonchev–Trinajstić information content (AvgIpc) is 2.97. The molecule has 1 heterocycles. The molecule has 1 aromatic carbocycles. The zero-order valence-corrected chi connectivity index (χ0v) is 16.6. The number of thioether (sulfide) groups is 1. The summed E-state index contributed by atoms with van der Waals surface area (Å²) < 4.78 is 0.645. The second kappa shape index (κ2) is 8.44. The minimum absolute atomic E-state index is 0.0885. The molecular formula is C17H22N4O2S2. The highest BCUT2D eigenvalue weighted by Crippen LogP contribution is 2.30. The molecule has 1 unspecified atom stereocenters. The van der Waals surface area contributed by atoms with Crippen LogP contribution in [0.25, 0.3) is 0 Å². The quantitative estimate of drug-likeness (QED) is 0.588. The molecule has 2 rings (SSSR count). The Hall–Kier alpha value is -1.93. The minimum atomic E-state index is -0.331. The first-order chi connectivity index (χ1) is 11.8. The van der Waals surface area contributed by atoms with Crippen molar-refractivity contribution in [1.29, 1.82) is 0 Å². The van der Waals surface area contributed by atoms with Gasteiger partial charge in [-0.15, -0.1) is 10.2 Å². The van der Waals surface area contributed by atoms with Gasteiger partial charge >= 0.3 is 0 Å². The topological polar surface area (TPSA) is 84.0 Å². The summed E-state index contributed by atoms with van der Waals surface area (Å²) in [5.41, 5.74) is 4.12. The third-order valence-electron chi connectivity index (χ3n) is 3.55. The number of nitrogens with one attached hydrogen (secondary N) is 2. The number of carbonyl (C=O) groups excluding carboxylic acids is 2. The van der Waals surface area contributed by atoms with E-state index in [-0.39, 0.29) is 17.1 Å². The molecule has 0 saturated carbocycles. The molecule has 0 saturated heterocycles. The molecule has 134 valence electrons. The summed E-state index contributed by atoms with van der Waals surface area (Å²) in [6.07, 6.45) is 0.385. The highest BCUT2D eigenvalue weighted by atomic mass is 32.2. The first-order valence-corrected chi connectivity index (χ1v) is 9.68. The zero-order valence-electron chi connectivity index (χ0n) is 15.0. The van der Waals surface area contributed by atoms with Crippen LogP contribution in [0.3, 0.4) is 0 Å². The van der Waals surface area contributed by atoms with Crippen LogP contribution < -0.4 is 10.6 Å². The molecule has 6 nitrogen and oxygen atoms in total. The van der Waals surface area contributed by atoms with E-state index in [1.807, 2.05) is 39.8 Å². The summed E-state index contributed by atoms with van der Waals surface area (Å²) in [6.45, 7) is 9.61. The highest BCUT2D eigenvalue weighted by Gasteiger charge is 2.19. The van der Waals surface area contributed by atoms with Crippen molar-refractivity contribution in [2.24, 2.45) is 0 Å². The predicted octanol–water partition coefficient (Wildman–Crippen LogP) is 3.93. The SMILES string of the molecule is CCC(=O)Nc1nnc(SC(C)C(=O)Nc2c(C)cc(C)cc2C)s1. The Balaban J connectivity index is 2.00. The van der Waals surface area contributed by atoms with Crippen LogP contribution in [0.2, 0.25) is 0 Å². The second-order valence-electron chi connectivity index (χ2n) is 5.80. The molecule has 2 amide bonds. The minimum Gasteiger partial charge on any atom is -0.325 e. The largest absolute Gasteiger partial charge is 0.325 e. The zero-order chi connectivity index (χ0) is 18.6. The van der Waals surface area contributed by atoms with Crippen molar-refractivity contribution in [3.05, 3.63) is 28.8 Å². The summed E-state index contributed by atoms with van der Waals surface area (Å²) in [6, 6.07) is 4.10. The van der Waals surface area contributed by atoms with E-state index in [9.17, 15) is 9.59 Å². The van der Waals surface area contributed by atoms with Crippen molar-refractivity contribution < 1.29 is 9.59 Å². The number of nitrogens with zero attached hydrogens (tertiary/aromatic N) is 2. The molecule has 2 N–H and O–H groups in total. The van der Waals surface area contributed by atoms with E-state index < -0.39 is 0 Å². The first kappa shape index (κ1) is 19.4. The Labute approximate surface area is 155 Å². The van der Waals surface area contributed by atoms with Gasteiger partial charge in [-0.3, -0.25) is 9.59 Å². The molecule has 0 aliphatic rings. The normalized spacial score (nSPS) is 11.9. The van der Waals surface area contributed by atoms with Gasteiger partial charge in [-0.2, -0.15) is 0 Å². The van der Waals surface area contributed by atoms with Gasteiger partial charge in [0.15, 0.2) is 4.34 Å². The van der Waals surface area contributed by atoms with Gasteiger partial charge < -0.3 is 10.6 Å². The maximum atomic E-state index is 12.5. The number of carbonyl (C=O) groups is 2. The van der Waals surface area contributed by atoms with Gasteiger partial charge in [0, 0.05) is 12.1 Å². The van der Waals surface area contributed by atoms with Gasteiger partial charge in [0.05, 0.1) is 5.25 Å². The van der Waals surface area contributed by atoms with Crippen LogP contribution >= 0.6 is 23.1 Å². The van der Waals surface area contributed by atoms with E-state index in [1.165, 1.54) is 28.7 Å². The Bertz CT molecular complexity index is 766. The number of rotatable bonds is 6. The molecule has 8 heteroatoms. The molecule has 0 bridgehead atoms. The van der Waals surface area contributed by atoms with Crippen molar-refractivity contribution in [3.63, 3.8) is 0 Å². The summed E-state index contributed by atoms with van der Waals surface area (Å²) in [5.74, 6) is -0.196. The van der Waals surface area contributed by atoms with Crippen LogP contribution in [-0.2, 0) is 9.59 Å². The maximum Gasteiger partial charge on any atom is 0.237 e. The van der Waals surface area contributed by atoms with Crippen molar-refractivity contribution >= 4 is 45.7 Å². The Kier molecular flexibility index (Phi) is 6.55. The van der Waals surface area contributed by atoms with Crippen LogP contribution in [0, 0.1) is 20.8 Å². The molecule has 0 spiro atoms. The number of hydrogen-bond acceptors (Lipinski definition) is 6. The molecule has 1 aromatic heterocycles. The molecule has 2 aromatic rings. The molecule has 1 atom stereocenters. The molecule has 0 aliphatic carbocycles. The fourth-order valence-corrected chi connectivity index (χ4v) is 4.23. The Morgan fingerprint density at radius 2 is 1.80 bits per heavy atom. The molecule has 0 fully saturated rings. The van der Waals surface area contributed by atoms with E-state index in [4.69, 9.17) is 0 Å². The molecule has 0 radical (unpaired) electrons. The van der Waals surface area contributed by atoms with E-state index in [2.05, 4.69) is 20.8 Å². The lowest BCUT2D eigenvalue weighted by Crippen LogP contribution is -2.23. The van der Waals surface area contributed by atoms with Gasteiger partial charge in [0.1, 0.15) is 0 Å². The van der Waals surface area contributed by atoms with Crippen molar-refractivity contribution in [2.75, 3.05) is 10.6 Å². The summed E-state index contributed by atoms with van der Waals surface area (Å²) >= 11 is 2.59. The second-order valence-corrected chi connectivity index (χ2v) is 8.36. The van der Waals surface area contributed by atoms with Crippen molar-refractivity contribution in [1.82, 2.24) is 10.2 Å². The van der Waals surface area contributed by atoms with Gasteiger partial charge in [0.2, 0.25) is 16.9 Å². The third kappa shape index (κ3) is 5.27. The lowest BCUT2D eigenvalue weighted by molar-refractivity contribution is -0.116. The highest BCUT2D eigenvalue weighted by molar-refractivity contribution is 8.02. The number of aryl methyl sites for hydroxylation is 3. The summed E-state index contributed by atoms with van der Waals surface area (Å²) in [4.78, 5) is 23.9. The number of anilines is 2. The summed E-state index contributed by atoms with van der Waals surface area (Å²) in [5, 5.41) is 13.7. The third-order valence-corrected chi connectivity index (χ3v) is 5.57. The molecule has 0 aliphatic heterocycles. The predicted molar refractivity (Wildman–Crippen MR) is 103 cm³/mol. The van der Waals surface area contributed by atoms with Crippen LogP contribution in [-0.4, -0.2) is 27.3 Å². The van der Waals surface area contributed by atoms with Crippen LogP contribution in [0.5, 0.6) is 0 Å². The van der Waals surface area contributed by atoms with Gasteiger partial charge in [-0.1, -0.05) is 47.7 Å². The first-order valence-electron chi connectivity index (χ1n) is 7.98. The lowest BCUT2D eigenvalue weighted by Gasteiger charge is -2.15. The van der Waals surface area contributed by atoms with Gasteiger partial charge in [0.25, 0.3) is 0 Å². The number of hydrogen-bond donors (Lipinski definition) is 2. The monoisotopic (exact) mass is 378 g/mol. The van der Waals surface area contributed by atoms with E-state index in [0.717, 1.165) is 16.8 Å². The van der Waals surface area contributed by atoms with E-state index in [0.29, 0.717) is 15.9 Å². The Morgan fingerprint density at radius 1 is 1.16 bits per heavy atom. The van der Waals surface area contributed by atoms with Crippen LogP contribution in [0.4, 0.5) is 10.8 Å². The fraction of sp³-hybridized carbons (Fsp3) is 0.412. The standard InChI is InChI=1S/C17H22N4O2S2/c1-6-13(22)18-16-20-21-17(25-16)24-12(5)15(23)19-14-10(3)7-9(2)8-11(14)4/h7-8,12H,6H2,1-5H3,(H,19,23)(H,18,20,22). The van der Waals surface area contributed by atoms with E-state index >= 15 is 0 Å².